The molecule has 1 unspecified atom stereocenters. The van der Waals surface area contributed by atoms with Gasteiger partial charge in [0.2, 0.25) is 0 Å². The van der Waals surface area contributed by atoms with Gasteiger partial charge in [0.05, 0.1) is 11.0 Å². The van der Waals surface area contributed by atoms with E-state index in [0.717, 1.165) is 54.1 Å². The highest BCUT2D eigenvalue weighted by Gasteiger charge is 2.39. The minimum atomic E-state index is -1.94. The number of carbonyl (C=O) groups is 1. The quantitative estimate of drug-likeness (QED) is 0.150. The van der Waals surface area contributed by atoms with Crippen molar-refractivity contribution in [1.82, 2.24) is 0 Å². The number of carbonyl (C=O) groups excluding carboxylic acids is 1. The molecule has 0 amide bonds. The van der Waals surface area contributed by atoms with Crippen molar-refractivity contribution < 1.29 is 13.6 Å². The van der Waals surface area contributed by atoms with Crippen LogP contribution in [-0.4, -0.2) is 35.1 Å². The second-order valence-corrected chi connectivity index (χ2v) is 24.1. The van der Waals surface area contributed by atoms with Gasteiger partial charge >= 0.3 is 0 Å². The molecule has 1 aromatic rings. The summed E-state index contributed by atoms with van der Waals surface area (Å²) < 4.78 is 13.3. The van der Waals surface area contributed by atoms with Crippen LogP contribution in [0.1, 0.15) is 73.6 Å². The van der Waals surface area contributed by atoms with Crippen LogP contribution in [0.25, 0.3) is 0 Å². The van der Waals surface area contributed by atoms with Gasteiger partial charge in [0.15, 0.2) is 22.4 Å². The Bertz CT molecular complexity index is 996. The molecule has 0 N–H and O–H groups in total. The lowest BCUT2D eigenvalue weighted by molar-refractivity contribution is -0.111. The van der Waals surface area contributed by atoms with Crippen LogP contribution in [0.2, 0.25) is 36.3 Å². The smallest absolute Gasteiger partial charge is 0.195 e. The highest BCUT2D eigenvalue weighted by molar-refractivity contribution is 8.04. The molecule has 0 bridgehead atoms. The molecule has 1 aromatic carbocycles. The summed E-state index contributed by atoms with van der Waals surface area (Å²) in [7, 11) is -3.70. The van der Waals surface area contributed by atoms with Crippen molar-refractivity contribution in [3.63, 3.8) is 0 Å². The van der Waals surface area contributed by atoms with E-state index < -0.39 is 16.6 Å². The lowest BCUT2D eigenvalue weighted by Gasteiger charge is -2.39. The Labute approximate surface area is 239 Å². The minimum absolute atomic E-state index is 0.0188. The van der Waals surface area contributed by atoms with Crippen molar-refractivity contribution in [2.75, 3.05) is 6.61 Å². The molecule has 0 fully saturated rings. The van der Waals surface area contributed by atoms with Crippen LogP contribution in [-0.2, 0) is 13.6 Å². The highest BCUT2D eigenvalue weighted by atomic mass is 32.2. The van der Waals surface area contributed by atoms with Crippen LogP contribution in [0.4, 0.5) is 0 Å². The Morgan fingerprint density at radius 3 is 2.21 bits per heavy atom. The summed E-state index contributed by atoms with van der Waals surface area (Å²) >= 11 is 1.57. The zero-order valence-corrected chi connectivity index (χ0v) is 28.5. The van der Waals surface area contributed by atoms with Crippen molar-refractivity contribution in [2.45, 2.75) is 121 Å². The number of benzene rings is 1. The molecule has 0 aromatic heterocycles. The third-order valence-electron chi connectivity index (χ3n) is 8.24. The van der Waals surface area contributed by atoms with Gasteiger partial charge in [-0.05, 0) is 80.5 Å². The molecule has 0 saturated heterocycles. The van der Waals surface area contributed by atoms with Crippen LogP contribution in [0.5, 0.6) is 0 Å². The lowest BCUT2D eigenvalue weighted by atomic mass is 10.1. The number of ketones is 1. The molecule has 38 heavy (non-hydrogen) atoms. The zero-order chi connectivity index (χ0) is 28.6. The number of hydrogen-bond donors (Lipinski definition) is 0. The molecular weight excluding hydrogens is 521 g/mol. The molecule has 6 heteroatoms. The fraction of sp³-hybridized carbons (Fsp3) is 0.594. The Morgan fingerprint density at radius 1 is 0.974 bits per heavy atom. The van der Waals surface area contributed by atoms with Gasteiger partial charge in [0, 0.05) is 17.1 Å². The zero-order valence-electron chi connectivity index (χ0n) is 25.6. The molecule has 0 aliphatic heterocycles. The Balaban J connectivity index is 2.13. The molecule has 0 spiro atoms. The predicted octanol–water partition coefficient (Wildman–Crippen LogP) is 10.1. The molecule has 1 aliphatic rings. The van der Waals surface area contributed by atoms with Gasteiger partial charge in [0.1, 0.15) is 0 Å². The summed E-state index contributed by atoms with van der Waals surface area (Å²) in [6, 6.07) is 10.2. The first kappa shape index (κ1) is 33.0. The third-order valence-corrected chi connectivity index (χ3v) is 18.4. The van der Waals surface area contributed by atoms with E-state index in [1.165, 1.54) is 0 Å². The van der Waals surface area contributed by atoms with E-state index in [1.54, 1.807) is 11.8 Å². The fourth-order valence-corrected chi connectivity index (χ4v) is 6.99. The van der Waals surface area contributed by atoms with Gasteiger partial charge < -0.3 is 8.85 Å². The largest absolute Gasteiger partial charge is 0.417 e. The lowest BCUT2D eigenvalue weighted by Crippen LogP contribution is -2.43. The van der Waals surface area contributed by atoms with Crippen molar-refractivity contribution >= 4 is 34.2 Å². The summed E-state index contributed by atoms with van der Waals surface area (Å²) in [6.07, 6.45) is 13.0. The first-order valence-corrected chi connectivity index (χ1v) is 20.8. The summed E-state index contributed by atoms with van der Waals surface area (Å²) in [4.78, 5) is 15.3. The number of hydrogen-bond acceptors (Lipinski definition) is 4. The van der Waals surface area contributed by atoms with E-state index in [9.17, 15) is 4.79 Å². The molecule has 0 heterocycles. The fourth-order valence-electron chi connectivity index (χ4n) is 3.63. The van der Waals surface area contributed by atoms with E-state index in [1.807, 2.05) is 24.3 Å². The summed E-state index contributed by atoms with van der Waals surface area (Å²) in [5.41, 5.74) is 0.890. The number of thioether (sulfide) groups is 1. The monoisotopic (exact) mass is 572 g/mol. The Morgan fingerprint density at radius 2 is 1.61 bits per heavy atom. The molecule has 1 aliphatic carbocycles. The van der Waals surface area contributed by atoms with Gasteiger partial charge in [-0.15, -0.1) is 0 Å². The Hall–Kier alpha value is -1.19. The molecular formula is C32H52O3SSi2. The highest BCUT2D eigenvalue weighted by Crippen LogP contribution is 2.39. The van der Waals surface area contributed by atoms with Gasteiger partial charge in [-0.1, -0.05) is 95.8 Å². The van der Waals surface area contributed by atoms with E-state index >= 15 is 0 Å². The van der Waals surface area contributed by atoms with Gasteiger partial charge in [-0.2, -0.15) is 0 Å². The maximum Gasteiger partial charge on any atom is 0.195 e. The normalized spacial score (nSPS) is 18.1. The van der Waals surface area contributed by atoms with Crippen LogP contribution >= 0.6 is 11.8 Å². The van der Waals surface area contributed by atoms with Gasteiger partial charge in [0.25, 0.3) is 0 Å². The van der Waals surface area contributed by atoms with E-state index in [4.69, 9.17) is 8.85 Å². The summed E-state index contributed by atoms with van der Waals surface area (Å²) in [5, 5.41) is 0.355. The SMILES string of the molecule is CC(C)(C)[Si](C)(C)OCCCC(C=CC=C1CCCC=C(Sc2ccccc2)C1=O)O[Si](C)(C)C(C)(C)C. The van der Waals surface area contributed by atoms with Gasteiger partial charge in [-0.25, -0.2) is 0 Å². The predicted molar refractivity (Wildman–Crippen MR) is 171 cm³/mol. The maximum atomic E-state index is 13.3. The van der Waals surface area contributed by atoms with Crippen LogP contribution in [0.3, 0.4) is 0 Å². The molecule has 3 nitrogen and oxygen atoms in total. The van der Waals surface area contributed by atoms with Crippen molar-refractivity contribution in [1.29, 1.82) is 0 Å². The third kappa shape index (κ3) is 10.1. The molecule has 0 saturated carbocycles. The van der Waals surface area contributed by atoms with Crippen LogP contribution in [0.15, 0.2) is 70.0 Å². The topological polar surface area (TPSA) is 35.5 Å². The second-order valence-electron chi connectivity index (χ2n) is 13.4. The van der Waals surface area contributed by atoms with Gasteiger partial charge in [-0.3, -0.25) is 4.79 Å². The van der Waals surface area contributed by atoms with Crippen molar-refractivity contribution in [2.24, 2.45) is 0 Å². The molecule has 0 radical (unpaired) electrons. The number of Topliss-reactive ketones (excluding diaryl/α,β-unsaturated/α-hetero) is 1. The summed E-state index contributed by atoms with van der Waals surface area (Å²) in [5.74, 6) is 0.158. The number of allylic oxidation sites excluding steroid dienone is 5. The van der Waals surface area contributed by atoms with Crippen LogP contribution < -0.4 is 0 Å². The van der Waals surface area contributed by atoms with Crippen molar-refractivity contribution in [3.05, 3.63) is 65.1 Å². The van der Waals surface area contributed by atoms with E-state index in [-0.39, 0.29) is 22.0 Å². The average Bonchev–Trinajstić information content (AvgIpc) is 2.97. The first-order valence-electron chi connectivity index (χ1n) is 14.2. The standard InChI is InChI=1S/C32H52O3SSi2/c1-31(2,3)37(7,8)34-25-17-21-27(35-38(9,10)32(4,5)6)20-16-19-26-18-14-15-24-29(30(26)33)36-28-22-12-11-13-23-28/h11-13,16,19-20,22-24,27H,14-15,17-18,21,25H2,1-10H3. The molecule has 2 rings (SSSR count). The van der Waals surface area contributed by atoms with Crippen LogP contribution in [0, 0.1) is 0 Å². The summed E-state index contributed by atoms with van der Waals surface area (Å²) in [6.45, 7) is 23.7. The first-order chi connectivity index (χ1) is 17.5. The maximum absolute atomic E-state index is 13.3. The minimum Gasteiger partial charge on any atom is -0.417 e. The van der Waals surface area contributed by atoms with E-state index in [0.29, 0.717) is 0 Å². The average molecular weight is 573 g/mol. The molecule has 212 valence electrons. The molecule has 1 atom stereocenters. The van der Waals surface area contributed by atoms with E-state index in [2.05, 4.69) is 98.1 Å². The number of rotatable bonds is 11. The Kier molecular flexibility index (Phi) is 12.1. The van der Waals surface area contributed by atoms with Crippen molar-refractivity contribution in [3.8, 4) is 0 Å². The second kappa shape index (κ2) is 13.9.